The predicted molar refractivity (Wildman–Crippen MR) is 276 cm³/mol. The summed E-state index contributed by atoms with van der Waals surface area (Å²) in [7, 11) is 0. The Labute approximate surface area is 394 Å². The van der Waals surface area contributed by atoms with Crippen molar-refractivity contribution < 1.29 is 0 Å². The summed E-state index contributed by atoms with van der Waals surface area (Å²) in [5.74, 6) is 3.35. The number of allylic oxidation sites excluding steroid dienone is 5. The van der Waals surface area contributed by atoms with Crippen LogP contribution in [0.15, 0.2) is 207 Å². The summed E-state index contributed by atoms with van der Waals surface area (Å²) in [6.45, 7) is 5.82. The number of nitrogens with zero attached hydrogens (tertiary/aromatic N) is 10. The molecule has 0 radical (unpaired) electrons. The third kappa shape index (κ3) is 7.14. The van der Waals surface area contributed by atoms with E-state index in [0.717, 1.165) is 87.0 Å². The van der Waals surface area contributed by atoms with Crippen LogP contribution in [-0.4, -0.2) is 49.2 Å². The van der Waals surface area contributed by atoms with Gasteiger partial charge in [-0.1, -0.05) is 194 Å². The molecule has 0 saturated heterocycles. The molecule has 322 valence electrons. The minimum Gasteiger partial charge on any atom is -0.278 e. The van der Waals surface area contributed by atoms with E-state index in [2.05, 4.69) is 88.5 Å². The number of benzene rings is 7. The van der Waals surface area contributed by atoms with E-state index in [1.165, 1.54) is 0 Å². The molecular formula is C57H38N10S. The van der Waals surface area contributed by atoms with Gasteiger partial charge in [-0.25, -0.2) is 9.97 Å². The number of aromatic nitrogens is 10. The molecule has 11 heteroatoms. The van der Waals surface area contributed by atoms with Crippen molar-refractivity contribution in [3.63, 3.8) is 0 Å². The van der Waals surface area contributed by atoms with Crippen molar-refractivity contribution >= 4 is 60.5 Å². The fourth-order valence-corrected chi connectivity index (χ4v) is 9.64. The summed E-state index contributed by atoms with van der Waals surface area (Å²) in [5.41, 5.74) is 9.23. The lowest BCUT2D eigenvalue weighted by Gasteiger charge is -2.12. The van der Waals surface area contributed by atoms with Crippen LogP contribution in [0.1, 0.15) is 12.7 Å². The van der Waals surface area contributed by atoms with Gasteiger partial charge in [0.15, 0.2) is 23.3 Å². The fourth-order valence-electron chi connectivity index (χ4n) is 8.77. The standard InChI is InChI=1S/C57H38N10S/c1-3-4-8-20-36(2)50-58-51(37-21-9-5-10-22-37)61-56(60-50)66-46-31-17-15-27-41(46)43-34-33-40(35-48(43)66)54-64-65-55(68-54)45-30-19-29-44-42-28-16-18-32-47(42)67(49(44)45)57-62-52(38-23-11-6-12-24-38)59-53(63-57)39-25-13-7-14-26-39/h3-35H,1H2,2H3/b8-4-,36-20+. The summed E-state index contributed by atoms with van der Waals surface area (Å²) in [4.78, 5) is 30.6. The molecule has 0 N–H and O–H groups in total. The molecule has 0 spiro atoms. The summed E-state index contributed by atoms with van der Waals surface area (Å²) >= 11 is 1.54. The van der Waals surface area contributed by atoms with Gasteiger partial charge >= 0.3 is 0 Å². The van der Waals surface area contributed by atoms with Crippen molar-refractivity contribution in [2.45, 2.75) is 6.92 Å². The highest BCUT2D eigenvalue weighted by Gasteiger charge is 2.23. The molecule has 0 bridgehead atoms. The van der Waals surface area contributed by atoms with Gasteiger partial charge in [0.2, 0.25) is 11.9 Å². The number of para-hydroxylation sites is 3. The highest BCUT2D eigenvalue weighted by Crippen LogP contribution is 2.41. The molecule has 12 rings (SSSR count). The number of rotatable bonds is 10. The molecule has 10 nitrogen and oxygen atoms in total. The van der Waals surface area contributed by atoms with Crippen LogP contribution in [-0.2, 0) is 0 Å². The minimum absolute atomic E-state index is 0.509. The Balaban J connectivity index is 1.03. The largest absolute Gasteiger partial charge is 0.278 e. The smallest absolute Gasteiger partial charge is 0.238 e. The SMILES string of the molecule is C=C/C=C\C=C(/C)c1nc(-c2ccccc2)nc(-n2c3ccccc3c3ccc(-c4nnc(-c5cccc6c7ccccc7n(-c7nc(-c8ccccc8)nc(-c8ccccc8)n7)c56)s4)cc32)n1. The molecule has 7 aromatic carbocycles. The van der Waals surface area contributed by atoms with Crippen LogP contribution in [0.4, 0.5) is 0 Å². The summed E-state index contributed by atoms with van der Waals surface area (Å²) in [5, 5.41) is 15.6. The van der Waals surface area contributed by atoms with Crippen LogP contribution in [0.2, 0.25) is 0 Å². The lowest BCUT2D eigenvalue weighted by atomic mass is 10.1. The lowest BCUT2D eigenvalue weighted by molar-refractivity contribution is 0.930. The summed E-state index contributed by atoms with van der Waals surface area (Å²) in [6, 6.07) is 59.6. The highest BCUT2D eigenvalue weighted by molar-refractivity contribution is 7.18. The Morgan fingerprint density at radius 3 is 1.63 bits per heavy atom. The van der Waals surface area contributed by atoms with E-state index in [-0.39, 0.29) is 0 Å². The fraction of sp³-hybridized carbons (Fsp3) is 0.0175. The van der Waals surface area contributed by atoms with Crippen molar-refractivity contribution in [2.24, 2.45) is 0 Å². The van der Waals surface area contributed by atoms with Crippen LogP contribution in [0.25, 0.3) is 116 Å². The maximum atomic E-state index is 5.18. The molecule has 12 aromatic rings. The molecule has 0 atom stereocenters. The molecule has 0 fully saturated rings. The summed E-state index contributed by atoms with van der Waals surface area (Å²) in [6.07, 6.45) is 7.55. The van der Waals surface area contributed by atoms with E-state index in [4.69, 9.17) is 40.1 Å². The van der Waals surface area contributed by atoms with Gasteiger partial charge in [-0.05, 0) is 36.8 Å². The third-order valence-corrected chi connectivity index (χ3v) is 13.0. The van der Waals surface area contributed by atoms with Gasteiger partial charge in [0, 0.05) is 49.4 Å². The minimum atomic E-state index is 0.509. The molecule has 0 aliphatic rings. The molecule has 0 unspecified atom stereocenters. The van der Waals surface area contributed by atoms with E-state index < -0.39 is 0 Å². The molecule has 5 heterocycles. The average Bonchev–Trinajstić information content (AvgIpc) is 4.12. The van der Waals surface area contributed by atoms with E-state index in [1.807, 2.05) is 128 Å². The molecule has 0 amide bonds. The number of fused-ring (bicyclic) bond motifs is 6. The van der Waals surface area contributed by atoms with Crippen LogP contribution in [0.5, 0.6) is 0 Å². The summed E-state index contributed by atoms with van der Waals surface area (Å²) < 4.78 is 4.27. The van der Waals surface area contributed by atoms with Crippen molar-refractivity contribution in [3.05, 3.63) is 213 Å². The lowest BCUT2D eigenvalue weighted by Crippen LogP contribution is -2.07. The zero-order valence-corrected chi connectivity index (χ0v) is 37.5. The second-order valence-corrected chi connectivity index (χ2v) is 17.2. The van der Waals surface area contributed by atoms with Gasteiger partial charge < -0.3 is 0 Å². The highest BCUT2D eigenvalue weighted by atomic mass is 32.1. The maximum absolute atomic E-state index is 5.18. The van der Waals surface area contributed by atoms with Crippen LogP contribution < -0.4 is 0 Å². The maximum Gasteiger partial charge on any atom is 0.238 e. The molecule has 5 aromatic heterocycles. The zero-order valence-electron chi connectivity index (χ0n) is 36.6. The van der Waals surface area contributed by atoms with Gasteiger partial charge in [0.25, 0.3) is 0 Å². The Kier molecular flexibility index (Phi) is 10.1. The van der Waals surface area contributed by atoms with E-state index >= 15 is 0 Å². The van der Waals surface area contributed by atoms with Crippen LogP contribution in [0.3, 0.4) is 0 Å². The van der Waals surface area contributed by atoms with Gasteiger partial charge in [-0.3, -0.25) is 9.13 Å². The predicted octanol–water partition coefficient (Wildman–Crippen LogP) is 13.6. The van der Waals surface area contributed by atoms with Gasteiger partial charge in [-0.2, -0.15) is 19.9 Å². The zero-order chi connectivity index (χ0) is 45.6. The number of hydrogen-bond acceptors (Lipinski definition) is 9. The van der Waals surface area contributed by atoms with Gasteiger partial charge in [-0.15, -0.1) is 10.2 Å². The Morgan fingerprint density at radius 2 is 0.985 bits per heavy atom. The first kappa shape index (κ1) is 40.4. The van der Waals surface area contributed by atoms with Crippen LogP contribution in [0, 0.1) is 0 Å². The van der Waals surface area contributed by atoms with Crippen molar-refractivity contribution in [1.29, 1.82) is 0 Å². The number of hydrogen-bond donors (Lipinski definition) is 0. The average molecular weight is 895 g/mol. The normalized spacial score (nSPS) is 12.0. The molecule has 0 saturated carbocycles. The van der Waals surface area contributed by atoms with Crippen LogP contribution >= 0.6 is 11.3 Å². The first-order valence-electron chi connectivity index (χ1n) is 22.1. The van der Waals surface area contributed by atoms with E-state index in [9.17, 15) is 0 Å². The molecule has 68 heavy (non-hydrogen) atoms. The van der Waals surface area contributed by atoms with E-state index in [1.54, 1.807) is 17.4 Å². The van der Waals surface area contributed by atoms with Gasteiger partial charge in [0.05, 0.1) is 22.1 Å². The van der Waals surface area contributed by atoms with Gasteiger partial charge in [0.1, 0.15) is 10.0 Å². The topological polar surface area (TPSA) is 113 Å². The molecule has 0 aliphatic carbocycles. The van der Waals surface area contributed by atoms with Crippen molar-refractivity contribution in [1.82, 2.24) is 49.2 Å². The third-order valence-electron chi connectivity index (χ3n) is 12.0. The second-order valence-electron chi connectivity index (χ2n) is 16.2. The van der Waals surface area contributed by atoms with E-state index in [0.29, 0.717) is 35.2 Å². The Hall–Kier alpha value is -9.06. The Morgan fingerprint density at radius 1 is 0.456 bits per heavy atom. The monoisotopic (exact) mass is 894 g/mol. The molecule has 0 aliphatic heterocycles. The quantitative estimate of drug-likeness (QED) is 0.125. The second kappa shape index (κ2) is 17.1. The van der Waals surface area contributed by atoms with Crippen molar-refractivity contribution in [2.75, 3.05) is 0 Å². The Bertz CT molecular complexity index is 3890. The van der Waals surface area contributed by atoms with Crippen molar-refractivity contribution in [3.8, 4) is 67.2 Å². The molecular weight excluding hydrogens is 857 g/mol. The first-order chi connectivity index (χ1) is 33.6. The first-order valence-corrected chi connectivity index (χ1v) is 23.0.